The van der Waals surface area contributed by atoms with Gasteiger partial charge in [-0.1, -0.05) is 12.8 Å². The molecule has 1 heterocycles. The Balaban J connectivity index is 1.60. The highest BCUT2D eigenvalue weighted by Crippen LogP contribution is 2.33. The van der Waals surface area contributed by atoms with Crippen molar-refractivity contribution in [3.05, 3.63) is 0 Å². The topological polar surface area (TPSA) is 24.5 Å². The van der Waals surface area contributed by atoms with E-state index in [9.17, 15) is 0 Å². The third-order valence-corrected chi connectivity index (χ3v) is 5.35. The molecule has 18 heavy (non-hydrogen) atoms. The van der Waals surface area contributed by atoms with Crippen LogP contribution in [0.2, 0.25) is 0 Å². The molecule has 3 aliphatic rings. The van der Waals surface area contributed by atoms with Crippen molar-refractivity contribution in [2.75, 3.05) is 20.2 Å². The summed E-state index contributed by atoms with van der Waals surface area (Å²) in [5.74, 6) is 0. The average molecular weight is 252 g/mol. The van der Waals surface area contributed by atoms with Crippen LogP contribution < -0.4 is 5.32 Å². The molecule has 2 atom stereocenters. The van der Waals surface area contributed by atoms with E-state index in [2.05, 4.69) is 17.3 Å². The standard InChI is InChI=1S/C15H28N2O/c1-16-12-6-8-13(9-7-12)17-10-11-18-15-5-3-2-4-14(15)17/h12-16H,2-11H2,1H3. The lowest BCUT2D eigenvalue weighted by molar-refractivity contribution is -0.107. The van der Waals surface area contributed by atoms with E-state index in [0.717, 1.165) is 24.7 Å². The van der Waals surface area contributed by atoms with E-state index in [0.29, 0.717) is 6.10 Å². The highest BCUT2D eigenvalue weighted by Gasteiger charge is 2.38. The van der Waals surface area contributed by atoms with E-state index in [1.54, 1.807) is 0 Å². The molecule has 3 heteroatoms. The quantitative estimate of drug-likeness (QED) is 0.815. The zero-order valence-electron chi connectivity index (χ0n) is 11.7. The molecule has 0 spiro atoms. The molecule has 3 fully saturated rings. The van der Waals surface area contributed by atoms with Crippen molar-refractivity contribution in [1.82, 2.24) is 10.2 Å². The normalized spacial score (nSPS) is 42.5. The fraction of sp³-hybridized carbons (Fsp3) is 1.00. The minimum atomic E-state index is 0.550. The molecule has 104 valence electrons. The molecular weight excluding hydrogens is 224 g/mol. The lowest BCUT2D eigenvalue weighted by Crippen LogP contribution is -2.57. The molecule has 0 aromatic heterocycles. The fourth-order valence-electron chi connectivity index (χ4n) is 4.28. The average Bonchev–Trinajstić information content (AvgIpc) is 2.47. The number of hydrogen-bond donors (Lipinski definition) is 1. The lowest BCUT2D eigenvalue weighted by atomic mass is 9.85. The van der Waals surface area contributed by atoms with Crippen LogP contribution in [-0.4, -0.2) is 49.3 Å². The van der Waals surface area contributed by atoms with Crippen molar-refractivity contribution >= 4 is 0 Å². The molecule has 2 unspecified atom stereocenters. The Bertz CT molecular complexity index is 261. The monoisotopic (exact) mass is 252 g/mol. The van der Waals surface area contributed by atoms with E-state index in [4.69, 9.17) is 4.74 Å². The molecule has 3 rings (SSSR count). The van der Waals surface area contributed by atoms with Gasteiger partial charge in [0.1, 0.15) is 0 Å². The Morgan fingerprint density at radius 2 is 1.78 bits per heavy atom. The van der Waals surface area contributed by atoms with Gasteiger partial charge in [0.05, 0.1) is 12.7 Å². The first-order chi connectivity index (χ1) is 8.88. The number of ether oxygens (including phenoxy) is 1. The molecule has 3 nitrogen and oxygen atoms in total. The van der Waals surface area contributed by atoms with Gasteiger partial charge in [0.2, 0.25) is 0 Å². The van der Waals surface area contributed by atoms with Crippen LogP contribution in [0.4, 0.5) is 0 Å². The molecule has 0 aromatic rings. The number of hydrogen-bond acceptors (Lipinski definition) is 3. The van der Waals surface area contributed by atoms with Crippen LogP contribution in [0.3, 0.4) is 0 Å². The lowest BCUT2D eigenvalue weighted by Gasteiger charge is -2.48. The van der Waals surface area contributed by atoms with Crippen molar-refractivity contribution in [3.63, 3.8) is 0 Å². The Morgan fingerprint density at radius 3 is 2.56 bits per heavy atom. The maximum atomic E-state index is 5.99. The van der Waals surface area contributed by atoms with Crippen LogP contribution in [0.5, 0.6) is 0 Å². The van der Waals surface area contributed by atoms with Crippen LogP contribution >= 0.6 is 0 Å². The molecular formula is C15H28N2O. The van der Waals surface area contributed by atoms with E-state index in [1.807, 2.05) is 0 Å². The second-order valence-electron chi connectivity index (χ2n) is 6.29. The Morgan fingerprint density at radius 1 is 1.00 bits per heavy atom. The van der Waals surface area contributed by atoms with Gasteiger partial charge in [0, 0.05) is 24.7 Å². The maximum Gasteiger partial charge on any atom is 0.0731 e. The maximum absolute atomic E-state index is 5.99. The van der Waals surface area contributed by atoms with Gasteiger partial charge in [-0.05, 0) is 45.6 Å². The molecule has 0 bridgehead atoms. The summed E-state index contributed by atoms with van der Waals surface area (Å²) in [4.78, 5) is 2.82. The summed E-state index contributed by atoms with van der Waals surface area (Å²) < 4.78 is 5.99. The van der Waals surface area contributed by atoms with Gasteiger partial charge in [-0.15, -0.1) is 0 Å². The molecule has 0 aromatic carbocycles. The SMILES string of the molecule is CNC1CCC(N2CCOC3CCCCC32)CC1. The van der Waals surface area contributed by atoms with Gasteiger partial charge >= 0.3 is 0 Å². The largest absolute Gasteiger partial charge is 0.375 e. The van der Waals surface area contributed by atoms with Crippen LogP contribution in [0, 0.1) is 0 Å². The van der Waals surface area contributed by atoms with Gasteiger partial charge in [-0.2, -0.15) is 0 Å². The predicted molar refractivity (Wildman–Crippen MR) is 73.8 cm³/mol. The van der Waals surface area contributed by atoms with Gasteiger partial charge in [0.25, 0.3) is 0 Å². The molecule has 1 saturated heterocycles. The Kier molecular flexibility index (Phi) is 4.22. The first-order valence-electron chi connectivity index (χ1n) is 7.93. The van der Waals surface area contributed by atoms with Crippen molar-refractivity contribution < 1.29 is 4.74 Å². The minimum absolute atomic E-state index is 0.550. The van der Waals surface area contributed by atoms with Crippen LogP contribution in [0.15, 0.2) is 0 Å². The van der Waals surface area contributed by atoms with Crippen LogP contribution in [-0.2, 0) is 4.74 Å². The summed E-state index contributed by atoms with van der Waals surface area (Å²) in [6.45, 7) is 2.14. The molecule has 0 radical (unpaired) electrons. The zero-order valence-corrected chi connectivity index (χ0v) is 11.7. The highest BCUT2D eigenvalue weighted by molar-refractivity contribution is 4.92. The van der Waals surface area contributed by atoms with Crippen LogP contribution in [0.25, 0.3) is 0 Å². The van der Waals surface area contributed by atoms with Crippen LogP contribution in [0.1, 0.15) is 51.4 Å². The van der Waals surface area contributed by atoms with Crippen molar-refractivity contribution in [2.45, 2.75) is 75.6 Å². The summed E-state index contributed by atoms with van der Waals surface area (Å²) in [6, 6.07) is 2.34. The van der Waals surface area contributed by atoms with Gasteiger partial charge in [0.15, 0.2) is 0 Å². The first-order valence-corrected chi connectivity index (χ1v) is 7.93. The van der Waals surface area contributed by atoms with E-state index < -0.39 is 0 Å². The van der Waals surface area contributed by atoms with Gasteiger partial charge in [-0.3, -0.25) is 4.90 Å². The number of fused-ring (bicyclic) bond motifs is 1. The first kappa shape index (κ1) is 12.9. The van der Waals surface area contributed by atoms with Gasteiger partial charge in [-0.25, -0.2) is 0 Å². The predicted octanol–water partition coefficient (Wildman–Crippen LogP) is 2.16. The summed E-state index contributed by atoms with van der Waals surface area (Å²) >= 11 is 0. The second-order valence-corrected chi connectivity index (χ2v) is 6.29. The fourth-order valence-corrected chi connectivity index (χ4v) is 4.28. The minimum Gasteiger partial charge on any atom is -0.375 e. The second kappa shape index (κ2) is 5.89. The van der Waals surface area contributed by atoms with E-state index in [-0.39, 0.29) is 0 Å². The summed E-state index contributed by atoms with van der Waals surface area (Å²) in [5, 5.41) is 3.44. The van der Waals surface area contributed by atoms with Crippen molar-refractivity contribution in [2.24, 2.45) is 0 Å². The number of morpholine rings is 1. The smallest absolute Gasteiger partial charge is 0.0731 e. The Labute approximate surface area is 111 Å². The molecule has 1 aliphatic heterocycles. The number of rotatable bonds is 2. The summed E-state index contributed by atoms with van der Waals surface area (Å²) in [6.07, 6.45) is 11.5. The molecule has 1 N–H and O–H groups in total. The van der Waals surface area contributed by atoms with E-state index in [1.165, 1.54) is 57.9 Å². The third-order valence-electron chi connectivity index (χ3n) is 5.35. The summed E-state index contributed by atoms with van der Waals surface area (Å²) in [7, 11) is 2.11. The van der Waals surface area contributed by atoms with Crippen molar-refractivity contribution in [1.29, 1.82) is 0 Å². The zero-order chi connectivity index (χ0) is 12.4. The number of nitrogens with one attached hydrogen (secondary N) is 1. The van der Waals surface area contributed by atoms with Crippen molar-refractivity contribution in [3.8, 4) is 0 Å². The number of nitrogens with zero attached hydrogens (tertiary/aromatic N) is 1. The molecule has 0 amide bonds. The van der Waals surface area contributed by atoms with Gasteiger partial charge < -0.3 is 10.1 Å². The highest BCUT2D eigenvalue weighted by atomic mass is 16.5. The Hall–Kier alpha value is -0.120. The molecule has 2 saturated carbocycles. The third kappa shape index (κ3) is 2.59. The molecule has 2 aliphatic carbocycles. The van der Waals surface area contributed by atoms with E-state index >= 15 is 0 Å². The summed E-state index contributed by atoms with van der Waals surface area (Å²) in [5.41, 5.74) is 0.